The molecule has 1 amide bonds. The summed E-state index contributed by atoms with van der Waals surface area (Å²) in [6, 6.07) is 1.74. The van der Waals surface area contributed by atoms with E-state index in [1.165, 1.54) is 7.11 Å². The monoisotopic (exact) mass is 414 g/mol. The maximum atomic E-state index is 12.5. The van der Waals surface area contributed by atoms with Gasteiger partial charge in [-0.05, 0) is 27.2 Å². The fourth-order valence-electron chi connectivity index (χ4n) is 2.99. The molecule has 0 aliphatic carbocycles. The van der Waals surface area contributed by atoms with Crippen LogP contribution in [-0.2, 0) is 9.47 Å². The second kappa shape index (κ2) is 8.52. The summed E-state index contributed by atoms with van der Waals surface area (Å²) >= 11 is 0. The van der Waals surface area contributed by atoms with Crippen molar-refractivity contribution in [2.45, 2.75) is 32.8 Å². The largest absolute Gasteiger partial charge is 0.463 e. The molecule has 1 fully saturated rings. The number of carbonyl (C=O) groups excluding carboxylic acids is 2. The molecule has 0 aromatic carbocycles. The number of esters is 1. The third kappa shape index (κ3) is 4.94. The molecule has 0 radical (unpaired) electrons. The molecule has 30 heavy (non-hydrogen) atoms. The van der Waals surface area contributed by atoms with Crippen LogP contribution in [0.2, 0.25) is 0 Å². The summed E-state index contributed by atoms with van der Waals surface area (Å²) in [5.41, 5.74) is 0.0797. The van der Waals surface area contributed by atoms with Crippen molar-refractivity contribution in [1.29, 1.82) is 0 Å². The molecule has 2 aromatic rings. The lowest BCUT2D eigenvalue weighted by molar-refractivity contribution is 0.0272. The third-order valence-corrected chi connectivity index (χ3v) is 4.33. The molecule has 160 valence electrons. The van der Waals surface area contributed by atoms with Gasteiger partial charge in [-0.1, -0.05) is 6.58 Å². The molecule has 2 aromatic heterocycles. The van der Waals surface area contributed by atoms with E-state index in [0.29, 0.717) is 36.8 Å². The minimum Gasteiger partial charge on any atom is -0.463 e. The average Bonchev–Trinajstić information content (AvgIpc) is 3.15. The van der Waals surface area contributed by atoms with Crippen LogP contribution in [0, 0.1) is 0 Å². The van der Waals surface area contributed by atoms with Crippen LogP contribution in [-0.4, -0.2) is 68.8 Å². The molecule has 0 bridgehead atoms. The van der Waals surface area contributed by atoms with Crippen molar-refractivity contribution in [1.82, 2.24) is 24.4 Å². The molecule has 10 heteroatoms. The Morgan fingerprint density at radius 3 is 2.53 bits per heavy atom. The van der Waals surface area contributed by atoms with Gasteiger partial charge in [0.15, 0.2) is 0 Å². The van der Waals surface area contributed by atoms with E-state index in [0.717, 1.165) is 0 Å². The lowest BCUT2D eigenvalue weighted by atomic mass is 10.2. The van der Waals surface area contributed by atoms with Gasteiger partial charge in [-0.2, -0.15) is 0 Å². The molecule has 1 saturated heterocycles. The van der Waals surface area contributed by atoms with Crippen molar-refractivity contribution in [3.8, 4) is 5.82 Å². The highest BCUT2D eigenvalue weighted by atomic mass is 16.6. The van der Waals surface area contributed by atoms with Gasteiger partial charge in [0, 0.05) is 37.2 Å². The molecule has 1 aliphatic heterocycles. The summed E-state index contributed by atoms with van der Waals surface area (Å²) in [5, 5.41) is 0. The van der Waals surface area contributed by atoms with E-state index in [9.17, 15) is 9.59 Å². The molecule has 0 unspecified atom stereocenters. The van der Waals surface area contributed by atoms with Crippen LogP contribution >= 0.6 is 0 Å². The number of hydrogen-bond donors (Lipinski definition) is 0. The van der Waals surface area contributed by atoms with Crippen molar-refractivity contribution in [3.05, 3.63) is 42.9 Å². The zero-order valence-corrected chi connectivity index (χ0v) is 17.7. The molecule has 0 N–H and O–H groups in total. The predicted octanol–water partition coefficient (Wildman–Crippen LogP) is 2.41. The molecule has 1 aliphatic rings. The van der Waals surface area contributed by atoms with Gasteiger partial charge in [-0.15, -0.1) is 0 Å². The van der Waals surface area contributed by atoms with Gasteiger partial charge in [0.25, 0.3) is 0 Å². The molecular formula is C20H26N6O4. The molecule has 0 saturated carbocycles. The Labute approximate surface area is 175 Å². The summed E-state index contributed by atoms with van der Waals surface area (Å²) < 4.78 is 12.0. The number of aromatic nitrogens is 4. The van der Waals surface area contributed by atoms with Crippen LogP contribution in [0.25, 0.3) is 5.82 Å². The van der Waals surface area contributed by atoms with Crippen LogP contribution in [0.4, 0.5) is 10.6 Å². The number of nitrogens with zero attached hydrogens (tertiary/aromatic N) is 6. The molecule has 3 heterocycles. The maximum absolute atomic E-state index is 12.5. The summed E-state index contributed by atoms with van der Waals surface area (Å²) in [6.45, 7) is 11.0. The zero-order chi connectivity index (χ0) is 21.9. The Balaban J connectivity index is 1.89. The van der Waals surface area contributed by atoms with E-state index < -0.39 is 11.6 Å². The van der Waals surface area contributed by atoms with E-state index >= 15 is 0 Å². The molecule has 10 nitrogen and oxygen atoms in total. The van der Waals surface area contributed by atoms with Crippen molar-refractivity contribution in [2.24, 2.45) is 0 Å². The van der Waals surface area contributed by atoms with Crippen molar-refractivity contribution in [3.63, 3.8) is 0 Å². The summed E-state index contributed by atoms with van der Waals surface area (Å²) in [4.78, 5) is 40.8. The quantitative estimate of drug-likeness (QED) is 0.706. The summed E-state index contributed by atoms with van der Waals surface area (Å²) in [6.07, 6.45) is 5.20. The van der Waals surface area contributed by atoms with Crippen LogP contribution in [0.3, 0.4) is 0 Å². The van der Waals surface area contributed by atoms with Gasteiger partial charge in [0.05, 0.1) is 13.7 Å². The number of methoxy groups -OCH3 is 1. The van der Waals surface area contributed by atoms with E-state index in [1.807, 2.05) is 25.7 Å². The second-order valence-electron chi connectivity index (χ2n) is 7.84. The normalized spacial score (nSPS) is 15.0. The first-order chi connectivity index (χ1) is 14.2. The summed E-state index contributed by atoms with van der Waals surface area (Å²) in [7, 11) is 1.28. The van der Waals surface area contributed by atoms with Gasteiger partial charge in [0.2, 0.25) is 5.82 Å². The second-order valence-corrected chi connectivity index (χ2v) is 7.84. The zero-order valence-electron chi connectivity index (χ0n) is 17.7. The Kier molecular flexibility index (Phi) is 6.04. The summed E-state index contributed by atoms with van der Waals surface area (Å²) in [5.74, 6) is 0.248. The number of anilines is 1. The fourth-order valence-corrected chi connectivity index (χ4v) is 2.99. The average molecular weight is 414 g/mol. The van der Waals surface area contributed by atoms with Crippen LogP contribution in [0.15, 0.2) is 37.1 Å². The van der Waals surface area contributed by atoms with Gasteiger partial charge in [-0.3, -0.25) is 4.57 Å². The molecule has 0 atom stereocenters. The highest BCUT2D eigenvalue weighted by molar-refractivity contribution is 5.85. The Morgan fingerprint density at radius 2 is 1.90 bits per heavy atom. The number of carbonyl (C=O) groups is 2. The fraction of sp³-hybridized carbons (Fsp3) is 0.450. The number of hydrogen-bond acceptors (Lipinski definition) is 8. The van der Waals surface area contributed by atoms with Gasteiger partial charge in [0.1, 0.15) is 23.6 Å². The van der Waals surface area contributed by atoms with E-state index in [2.05, 4.69) is 21.5 Å². The lowest BCUT2D eigenvalue weighted by Crippen LogP contribution is -2.38. The van der Waals surface area contributed by atoms with Gasteiger partial charge >= 0.3 is 12.1 Å². The van der Waals surface area contributed by atoms with Gasteiger partial charge in [-0.25, -0.2) is 24.5 Å². The third-order valence-electron chi connectivity index (χ3n) is 4.33. The minimum atomic E-state index is -0.644. The van der Waals surface area contributed by atoms with Crippen molar-refractivity contribution >= 4 is 17.9 Å². The van der Waals surface area contributed by atoms with E-state index in [-0.39, 0.29) is 18.5 Å². The van der Waals surface area contributed by atoms with E-state index in [4.69, 9.17) is 9.47 Å². The standard InChI is InChI=1S/C20H26N6O4/c1-14-12-24(19(28)30-20(2,3)4)8-6-9-26(14)16-11-15(25-10-7-21-13-25)22-17(23-16)18(27)29-5/h7,10-11,13H,1,6,8-9,12H2,2-5H3. The Morgan fingerprint density at radius 1 is 1.17 bits per heavy atom. The topological polar surface area (TPSA) is 103 Å². The highest BCUT2D eigenvalue weighted by Gasteiger charge is 2.27. The number of ether oxygens (including phenoxy) is 2. The molecule has 0 spiro atoms. The van der Waals surface area contributed by atoms with Crippen LogP contribution < -0.4 is 4.90 Å². The number of rotatable bonds is 3. The predicted molar refractivity (Wildman–Crippen MR) is 109 cm³/mol. The Bertz CT molecular complexity index is 935. The van der Waals surface area contributed by atoms with Crippen LogP contribution in [0.5, 0.6) is 0 Å². The maximum Gasteiger partial charge on any atom is 0.410 e. The van der Waals surface area contributed by atoms with Crippen molar-refractivity contribution in [2.75, 3.05) is 31.6 Å². The lowest BCUT2D eigenvalue weighted by Gasteiger charge is -2.28. The Hall–Kier alpha value is -3.43. The highest BCUT2D eigenvalue weighted by Crippen LogP contribution is 2.23. The number of amides is 1. The smallest absolute Gasteiger partial charge is 0.410 e. The first-order valence-corrected chi connectivity index (χ1v) is 9.57. The molecular weight excluding hydrogens is 388 g/mol. The van der Waals surface area contributed by atoms with Crippen LogP contribution in [0.1, 0.15) is 37.8 Å². The minimum absolute atomic E-state index is 0.0697. The molecule has 3 rings (SSSR count). The van der Waals surface area contributed by atoms with E-state index in [1.54, 1.807) is 34.3 Å². The van der Waals surface area contributed by atoms with Gasteiger partial charge < -0.3 is 19.3 Å². The SMILES string of the molecule is C=C1CN(C(=O)OC(C)(C)C)CCCN1c1cc(-n2ccnc2)nc(C(=O)OC)n1. The number of imidazole rings is 1. The first-order valence-electron chi connectivity index (χ1n) is 9.57. The first kappa shape index (κ1) is 21.3. The van der Waals surface area contributed by atoms with Crippen molar-refractivity contribution < 1.29 is 19.1 Å².